The van der Waals surface area contributed by atoms with E-state index in [1.165, 1.54) is 0 Å². The highest BCUT2D eigenvalue weighted by molar-refractivity contribution is 7.80. The van der Waals surface area contributed by atoms with Gasteiger partial charge >= 0.3 is 5.97 Å². The number of benzene rings is 1. The van der Waals surface area contributed by atoms with Gasteiger partial charge in [-0.1, -0.05) is 23.7 Å². The fourth-order valence-electron chi connectivity index (χ4n) is 4.56. The molecule has 0 amide bonds. The maximum Gasteiger partial charge on any atom is 0.325 e. The molecule has 1 aromatic carbocycles. The third kappa shape index (κ3) is 4.35. The van der Waals surface area contributed by atoms with Crippen molar-refractivity contribution in [2.45, 2.75) is 39.8 Å². The Bertz CT molecular complexity index is 1190. The second kappa shape index (κ2) is 9.53. The van der Waals surface area contributed by atoms with E-state index in [-0.39, 0.29) is 24.6 Å². The molecule has 0 saturated carbocycles. The van der Waals surface area contributed by atoms with Crippen molar-refractivity contribution in [3.63, 3.8) is 0 Å². The molecule has 3 heterocycles. The molecule has 3 aromatic rings. The van der Waals surface area contributed by atoms with Crippen LogP contribution in [0.15, 0.2) is 48.7 Å². The van der Waals surface area contributed by atoms with Gasteiger partial charge in [0.25, 0.3) is 0 Å². The SMILES string of the molecule is CCOC(=O)CN1C(=S)N[C@@H](c2ccccn2)[C@H]1c1cc(C)n(-c2cccc(Cl)c2C)c1C. The number of carbonyl (C=O) groups is 1. The van der Waals surface area contributed by atoms with E-state index in [1.54, 1.807) is 13.1 Å². The quantitative estimate of drug-likeness (QED) is 0.394. The van der Waals surface area contributed by atoms with Crippen LogP contribution in [0.5, 0.6) is 0 Å². The van der Waals surface area contributed by atoms with E-state index in [9.17, 15) is 4.79 Å². The van der Waals surface area contributed by atoms with E-state index >= 15 is 0 Å². The van der Waals surface area contributed by atoms with E-state index in [2.05, 4.69) is 40.8 Å². The molecule has 1 fully saturated rings. The number of nitrogens with zero attached hydrogens (tertiary/aromatic N) is 3. The summed E-state index contributed by atoms with van der Waals surface area (Å²) in [5, 5.41) is 4.62. The first-order valence-corrected chi connectivity index (χ1v) is 11.7. The van der Waals surface area contributed by atoms with Crippen molar-refractivity contribution in [3.05, 3.63) is 81.9 Å². The van der Waals surface area contributed by atoms with Crippen molar-refractivity contribution < 1.29 is 9.53 Å². The highest BCUT2D eigenvalue weighted by Gasteiger charge is 2.42. The van der Waals surface area contributed by atoms with Crippen molar-refractivity contribution >= 4 is 34.9 Å². The fraction of sp³-hybridized carbons (Fsp3) is 0.320. The molecule has 1 aliphatic rings. The smallest absolute Gasteiger partial charge is 0.325 e. The summed E-state index contributed by atoms with van der Waals surface area (Å²) < 4.78 is 7.44. The van der Waals surface area contributed by atoms with E-state index in [1.807, 2.05) is 42.2 Å². The van der Waals surface area contributed by atoms with E-state index < -0.39 is 0 Å². The van der Waals surface area contributed by atoms with Gasteiger partial charge in [0, 0.05) is 28.3 Å². The number of aryl methyl sites for hydroxylation is 1. The summed E-state index contributed by atoms with van der Waals surface area (Å²) in [4.78, 5) is 18.9. The van der Waals surface area contributed by atoms with Crippen LogP contribution in [0.2, 0.25) is 5.02 Å². The second-order valence-corrected chi connectivity index (χ2v) is 8.90. The molecule has 4 rings (SSSR count). The number of pyridine rings is 1. The molecule has 0 aliphatic carbocycles. The zero-order valence-corrected chi connectivity index (χ0v) is 20.7. The molecule has 1 aliphatic heterocycles. The van der Waals surface area contributed by atoms with Gasteiger partial charge in [-0.3, -0.25) is 9.78 Å². The van der Waals surface area contributed by atoms with Gasteiger partial charge in [0.1, 0.15) is 6.54 Å². The number of carbonyl (C=O) groups excluding carboxylic acids is 1. The van der Waals surface area contributed by atoms with Crippen molar-refractivity contribution in [1.29, 1.82) is 0 Å². The van der Waals surface area contributed by atoms with Gasteiger partial charge < -0.3 is 19.5 Å². The molecule has 8 heteroatoms. The van der Waals surface area contributed by atoms with Crippen LogP contribution < -0.4 is 5.32 Å². The van der Waals surface area contributed by atoms with Gasteiger partial charge in [-0.25, -0.2) is 0 Å². The fourth-order valence-corrected chi connectivity index (χ4v) is 5.03. The van der Waals surface area contributed by atoms with Gasteiger partial charge in [0.05, 0.1) is 24.4 Å². The predicted octanol–water partition coefficient (Wildman–Crippen LogP) is 4.99. The Hall–Kier alpha value is -2.90. The van der Waals surface area contributed by atoms with Gasteiger partial charge in [0.15, 0.2) is 5.11 Å². The Morgan fingerprint density at radius 3 is 2.70 bits per heavy atom. The molecule has 2 atom stereocenters. The van der Waals surface area contributed by atoms with Crippen LogP contribution >= 0.6 is 23.8 Å². The molecule has 0 bridgehead atoms. The molecule has 0 radical (unpaired) electrons. The van der Waals surface area contributed by atoms with Gasteiger partial charge in [0.2, 0.25) is 0 Å². The molecule has 33 heavy (non-hydrogen) atoms. The number of esters is 1. The van der Waals surface area contributed by atoms with Crippen LogP contribution in [0.4, 0.5) is 0 Å². The Morgan fingerprint density at radius 1 is 1.21 bits per heavy atom. The number of halogens is 1. The lowest BCUT2D eigenvalue weighted by Gasteiger charge is -2.27. The predicted molar refractivity (Wildman–Crippen MR) is 134 cm³/mol. The maximum absolute atomic E-state index is 12.4. The Morgan fingerprint density at radius 2 is 2.00 bits per heavy atom. The monoisotopic (exact) mass is 482 g/mol. The standard InChI is InChI=1S/C25H27ClN4O2S/c1-5-32-22(31)14-29-24(23(28-25(29)33)20-10-6-7-12-27-20)18-13-15(2)30(17(18)4)21-11-8-9-19(26)16(21)3/h6-13,23-24H,5,14H2,1-4H3,(H,28,33)/t23-,24+/m0/s1. The molecule has 172 valence electrons. The zero-order chi connectivity index (χ0) is 23.7. The molecule has 0 unspecified atom stereocenters. The maximum atomic E-state index is 12.4. The summed E-state index contributed by atoms with van der Waals surface area (Å²) in [6, 6.07) is 13.5. The molecular weight excluding hydrogens is 456 g/mol. The van der Waals surface area contributed by atoms with Crippen LogP contribution in [0.3, 0.4) is 0 Å². The third-order valence-electron chi connectivity index (χ3n) is 6.07. The van der Waals surface area contributed by atoms with Crippen molar-refractivity contribution in [3.8, 4) is 5.69 Å². The number of nitrogens with one attached hydrogen (secondary N) is 1. The van der Waals surface area contributed by atoms with Crippen molar-refractivity contribution in [2.24, 2.45) is 0 Å². The van der Waals surface area contributed by atoms with E-state index in [0.717, 1.165) is 38.9 Å². The number of ether oxygens (including phenoxy) is 1. The highest BCUT2D eigenvalue weighted by atomic mass is 35.5. The Balaban J connectivity index is 1.84. The van der Waals surface area contributed by atoms with Crippen LogP contribution in [-0.2, 0) is 9.53 Å². The minimum absolute atomic E-state index is 0.0630. The summed E-state index contributed by atoms with van der Waals surface area (Å²) in [6.45, 7) is 8.36. The van der Waals surface area contributed by atoms with Crippen LogP contribution in [0.25, 0.3) is 5.69 Å². The van der Waals surface area contributed by atoms with Gasteiger partial charge in [-0.05, 0) is 81.4 Å². The molecule has 1 saturated heterocycles. The van der Waals surface area contributed by atoms with Crippen molar-refractivity contribution in [2.75, 3.05) is 13.2 Å². The highest BCUT2D eigenvalue weighted by Crippen LogP contribution is 2.41. The summed E-state index contributed by atoms with van der Waals surface area (Å²) in [5.41, 5.74) is 6.10. The van der Waals surface area contributed by atoms with Gasteiger partial charge in [-0.2, -0.15) is 0 Å². The average molecular weight is 483 g/mol. The van der Waals surface area contributed by atoms with Crippen molar-refractivity contribution in [1.82, 2.24) is 19.8 Å². The number of hydrogen-bond acceptors (Lipinski definition) is 4. The van der Waals surface area contributed by atoms with Crippen LogP contribution in [0, 0.1) is 20.8 Å². The average Bonchev–Trinajstić information content (AvgIpc) is 3.26. The van der Waals surface area contributed by atoms with Gasteiger partial charge in [-0.15, -0.1) is 0 Å². The first-order chi connectivity index (χ1) is 15.8. The third-order valence-corrected chi connectivity index (χ3v) is 6.83. The minimum Gasteiger partial charge on any atom is -0.465 e. The first kappa shape index (κ1) is 23.3. The van der Waals surface area contributed by atoms with Crippen LogP contribution in [0.1, 0.15) is 47.2 Å². The number of rotatable bonds is 6. The molecule has 0 spiro atoms. The lowest BCUT2D eigenvalue weighted by Crippen LogP contribution is -2.35. The summed E-state index contributed by atoms with van der Waals surface area (Å²) in [7, 11) is 0. The lowest BCUT2D eigenvalue weighted by molar-refractivity contribution is -0.143. The number of hydrogen-bond donors (Lipinski definition) is 1. The molecular formula is C25H27ClN4O2S. The normalized spacial score (nSPS) is 17.8. The molecule has 6 nitrogen and oxygen atoms in total. The summed E-state index contributed by atoms with van der Waals surface area (Å²) in [6.07, 6.45) is 1.77. The number of aromatic nitrogens is 2. The first-order valence-electron chi connectivity index (χ1n) is 10.9. The van der Waals surface area contributed by atoms with E-state index in [4.69, 9.17) is 28.6 Å². The molecule has 2 aromatic heterocycles. The number of thiocarbonyl (C=S) groups is 1. The Labute approximate surface area is 204 Å². The zero-order valence-electron chi connectivity index (χ0n) is 19.1. The summed E-state index contributed by atoms with van der Waals surface area (Å²) >= 11 is 12.1. The lowest BCUT2D eigenvalue weighted by atomic mass is 9.96. The topological polar surface area (TPSA) is 59.4 Å². The summed E-state index contributed by atoms with van der Waals surface area (Å²) in [5.74, 6) is -0.312. The molecule has 1 N–H and O–H groups in total. The second-order valence-electron chi connectivity index (χ2n) is 8.11. The van der Waals surface area contributed by atoms with E-state index in [0.29, 0.717) is 11.7 Å². The Kier molecular flexibility index (Phi) is 6.72. The van der Waals surface area contributed by atoms with Crippen LogP contribution in [-0.4, -0.2) is 38.7 Å². The minimum atomic E-state index is -0.312. The largest absolute Gasteiger partial charge is 0.465 e.